The third-order valence-corrected chi connectivity index (χ3v) is 4.19. The number of benzene rings is 1. The second-order valence-corrected chi connectivity index (χ2v) is 5.76. The third kappa shape index (κ3) is 5.33. The highest BCUT2D eigenvalue weighted by Crippen LogP contribution is 2.23. The van der Waals surface area contributed by atoms with Crippen LogP contribution in [-0.2, 0) is 6.42 Å². The van der Waals surface area contributed by atoms with Crippen LogP contribution < -0.4 is 5.32 Å². The maximum atomic E-state index is 9.88. The van der Waals surface area contributed by atoms with Crippen LogP contribution in [0.2, 0.25) is 0 Å². The third-order valence-electron chi connectivity index (χ3n) is 4.19. The lowest BCUT2D eigenvalue weighted by Crippen LogP contribution is -2.34. The Morgan fingerprint density at radius 1 is 1.05 bits per heavy atom. The van der Waals surface area contributed by atoms with E-state index in [-0.39, 0.29) is 6.10 Å². The molecule has 0 aromatic heterocycles. The Kier molecular flexibility index (Phi) is 6.38. The van der Waals surface area contributed by atoms with Gasteiger partial charge in [0.2, 0.25) is 0 Å². The molecule has 0 amide bonds. The first-order valence-electron chi connectivity index (χ1n) is 7.79. The van der Waals surface area contributed by atoms with E-state index in [0.717, 1.165) is 19.5 Å². The number of aryl methyl sites for hydroxylation is 1. The molecule has 2 nitrogen and oxygen atoms in total. The monoisotopic (exact) mass is 261 g/mol. The molecule has 0 heterocycles. The van der Waals surface area contributed by atoms with E-state index < -0.39 is 0 Å². The zero-order chi connectivity index (χ0) is 13.3. The normalized spacial score (nSPS) is 23.4. The maximum Gasteiger partial charge on any atom is 0.0580 e. The summed E-state index contributed by atoms with van der Waals surface area (Å²) in [5, 5.41) is 13.4. The average molecular weight is 261 g/mol. The van der Waals surface area contributed by atoms with Crippen LogP contribution in [0, 0.1) is 5.92 Å². The summed E-state index contributed by atoms with van der Waals surface area (Å²) >= 11 is 0. The molecule has 2 unspecified atom stereocenters. The highest BCUT2D eigenvalue weighted by Gasteiger charge is 2.21. The first-order valence-corrected chi connectivity index (χ1v) is 7.79. The van der Waals surface area contributed by atoms with Crippen LogP contribution in [0.5, 0.6) is 0 Å². The van der Waals surface area contributed by atoms with Gasteiger partial charge in [0.15, 0.2) is 0 Å². The molecule has 1 aromatic rings. The van der Waals surface area contributed by atoms with Crippen molar-refractivity contribution in [2.75, 3.05) is 13.1 Å². The van der Waals surface area contributed by atoms with Crippen LogP contribution in [0.4, 0.5) is 0 Å². The maximum absolute atomic E-state index is 9.88. The fraction of sp³-hybridized carbons (Fsp3) is 0.647. The lowest BCUT2D eigenvalue weighted by atomic mass is 9.86. The SMILES string of the molecule is OC1CCCCC1CNCCCCc1ccccc1. The summed E-state index contributed by atoms with van der Waals surface area (Å²) in [6, 6.07) is 10.7. The standard InChI is InChI=1S/C17H27NO/c19-17-12-5-4-11-16(17)14-18-13-7-6-10-15-8-2-1-3-9-15/h1-3,8-9,16-19H,4-7,10-14H2. The zero-order valence-corrected chi connectivity index (χ0v) is 11.9. The Balaban J connectivity index is 1.50. The van der Waals surface area contributed by atoms with Crippen molar-refractivity contribution in [2.45, 2.75) is 51.0 Å². The largest absolute Gasteiger partial charge is 0.393 e. The molecule has 2 rings (SSSR count). The quantitative estimate of drug-likeness (QED) is 0.739. The van der Waals surface area contributed by atoms with Gasteiger partial charge in [-0.2, -0.15) is 0 Å². The highest BCUT2D eigenvalue weighted by atomic mass is 16.3. The first kappa shape index (κ1) is 14.5. The molecule has 0 bridgehead atoms. The van der Waals surface area contributed by atoms with Crippen molar-refractivity contribution in [3.8, 4) is 0 Å². The van der Waals surface area contributed by atoms with Crippen molar-refractivity contribution in [1.82, 2.24) is 5.32 Å². The van der Waals surface area contributed by atoms with E-state index in [1.165, 1.54) is 44.1 Å². The van der Waals surface area contributed by atoms with Gasteiger partial charge in [0.05, 0.1) is 6.10 Å². The van der Waals surface area contributed by atoms with Crippen LogP contribution >= 0.6 is 0 Å². The molecular formula is C17H27NO. The van der Waals surface area contributed by atoms with E-state index >= 15 is 0 Å². The molecular weight excluding hydrogens is 234 g/mol. The molecule has 19 heavy (non-hydrogen) atoms. The molecule has 1 aliphatic rings. The van der Waals surface area contributed by atoms with E-state index in [9.17, 15) is 5.11 Å². The molecule has 1 saturated carbocycles. The van der Waals surface area contributed by atoms with Gasteiger partial charge in [-0.05, 0) is 50.1 Å². The number of hydrogen-bond acceptors (Lipinski definition) is 2. The Labute approximate surface area is 117 Å². The Morgan fingerprint density at radius 2 is 1.84 bits per heavy atom. The van der Waals surface area contributed by atoms with Crippen molar-refractivity contribution in [1.29, 1.82) is 0 Å². The molecule has 2 heteroatoms. The molecule has 1 aromatic carbocycles. The Hall–Kier alpha value is -0.860. The molecule has 106 valence electrons. The lowest BCUT2D eigenvalue weighted by molar-refractivity contribution is 0.0697. The van der Waals surface area contributed by atoms with Gasteiger partial charge in [0.1, 0.15) is 0 Å². The second-order valence-electron chi connectivity index (χ2n) is 5.76. The van der Waals surface area contributed by atoms with E-state index in [0.29, 0.717) is 5.92 Å². The number of hydrogen-bond donors (Lipinski definition) is 2. The molecule has 2 atom stereocenters. The van der Waals surface area contributed by atoms with Gasteiger partial charge < -0.3 is 10.4 Å². The minimum absolute atomic E-state index is 0.0643. The fourth-order valence-corrected chi connectivity index (χ4v) is 2.94. The van der Waals surface area contributed by atoms with Gasteiger partial charge in [0.25, 0.3) is 0 Å². The highest BCUT2D eigenvalue weighted by molar-refractivity contribution is 5.14. The van der Waals surface area contributed by atoms with E-state index in [4.69, 9.17) is 0 Å². The van der Waals surface area contributed by atoms with Gasteiger partial charge in [-0.15, -0.1) is 0 Å². The van der Waals surface area contributed by atoms with E-state index in [2.05, 4.69) is 35.6 Å². The number of rotatable bonds is 7. The van der Waals surface area contributed by atoms with Gasteiger partial charge in [0, 0.05) is 6.54 Å². The van der Waals surface area contributed by atoms with Crippen molar-refractivity contribution < 1.29 is 5.11 Å². The fourth-order valence-electron chi connectivity index (χ4n) is 2.94. The number of nitrogens with one attached hydrogen (secondary N) is 1. The summed E-state index contributed by atoms with van der Waals surface area (Å²) < 4.78 is 0. The van der Waals surface area contributed by atoms with Crippen LogP contribution in [0.3, 0.4) is 0 Å². The van der Waals surface area contributed by atoms with Crippen molar-refractivity contribution in [3.63, 3.8) is 0 Å². The summed E-state index contributed by atoms with van der Waals surface area (Å²) in [7, 11) is 0. The van der Waals surface area contributed by atoms with Crippen LogP contribution in [0.25, 0.3) is 0 Å². The number of aliphatic hydroxyl groups is 1. The van der Waals surface area contributed by atoms with Gasteiger partial charge >= 0.3 is 0 Å². The average Bonchev–Trinajstić information content (AvgIpc) is 2.45. The van der Waals surface area contributed by atoms with Crippen LogP contribution in [-0.4, -0.2) is 24.3 Å². The van der Waals surface area contributed by atoms with Gasteiger partial charge in [-0.3, -0.25) is 0 Å². The molecule has 1 fully saturated rings. The summed E-state index contributed by atoms with van der Waals surface area (Å²) in [6.45, 7) is 2.07. The zero-order valence-electron chi connectivity index (χ0n) is 11.9. The topological polar surface area (TPSA) is 32.3 Å². The van der Waals surface area contributed by atoms with Crippen molar-refractivity contribution >= 4 is 0 Å². The van der Waals surface area contributed by atoms with E-state index in [1.54, 1.807) is 0 Å². The molecule has 1 aliphatic carbocycles. The number of aliphatic hydroxyl groups excluding tert-OH is 1. The van der Waals surface area contributed by atoms with Gasteiger partial charge in [-0.25, -0.2) is 0 Å². The molecule has 0 radical (unpaired) electrons. The van der Waals surface area contributed by atoms with Crippen molar-refractivity contribution in [2.24, 2.45) is 5.92 Å². The molecule has 0 aliphatic heterocycles. The lowest BCUT2D eigenvalue weighted by Gasteiger charge is -2.27. The minimum Gasteiger partial charge on any atom is -0.393 e. The molecule has 0 spiro atoms. The minimum atomic E-state index is -0.0643. The Morgan fingerprint density at radius 3 is 2.63 bits per heavy atom. The number of unbranched alkanes of at least 4 members (excludes halogenated alkanes) is 1. The van der Waals surface area contributed by atoms with Crippen molar-refractivity contribution in [3.05, 3.63) is 35.9 Å². The first-order chi connectivity index (χ1) is 9.36. The molecule has 0 saturated heterocycles. The van der Waals surface area contributed by atoms with Crippen LogP contribution in [0.1, 0.15) is 44.1 Å². The van der Waals surface area contributed by atoms with E-state index in [1.807, 2.05) is 0 Å². The second kappa shape index (κ2) is 8.34. The summed E-state index contributed by atoms with van der Waals surface area (Å²) in [6.07, 6.45) is 8.26. The summed E-state index contributed by atoms with van der Waals surface area (Å²) in [5.41, 5.74) is 1.44. The van der Waals surface area contributed by atoms with Gasteiger partial charge in [-0.1, -0.05) is 43.2 Å². The Bertz CT molecular complexity index is 338. The summed E-state index contributed by atoms with van der Waals surface area (Å²) in [5.74, 6) is 0.489. The molecule has 2 N–H and O–H groups in total. The smallest absolute Gasteiger partial charge is 0.0580 e. The van der Waals surface area contributed by atoms with Crippen LogP contribution in [0.15, 0.2) is 30.3 Å². The summed E-state index contributed by atoms with van der Waals surface area (Å²) in [4.78, 5) is 0. The predicted molar refractivity (Wildman–Crippen MR) is 80.2 cm³/mol. The predicted octanol–water partition coefficient (Wildman–Crippen LogP) is 3.15.